The second-order valence-corrected chi connectivity index (χ2v) is 8.03. The van der Waals surface area contributed by atoms with E-state index in [2.05, 4.69) is 40.7 Å². The van der Waals surface area contributed by atoms with Crippen LogP contribution in [-0.2, 0) is 13.2 Å². The molecule has 1 aromatic carbocycles. The van der Waals surface area contributed by atoms with E-state index in [1.54, 1.807) is 13.2 Å². The van der Waals surface area contributed by atoms with Crippen LogP contribution >= 0.6 is 35.7 Å². The lowest BCUT2D eigenvalue weighted by Crippen LogP contribution is -2.42. The van der Waals surface area contributed by atoms with Crippen molar-refractivity contribution in [3.8, 4) is 5.88 Å². The molecule has 0 aliphatic rings. The number of halogens is 1. The minimum atomic E-state index is 0. The minimum absolute atomic E-state index is 0. The lowest BCUT2D eigenvalue weighted by atomic mass is 10.2. The Hall–Kier alpha value is -1.48. The van der Waals surface area contributed by atoms with E-state index in [0.717, 1.165) is 23.6 Å². The molecule has 0 fully saturated rings. The lowest BCUT2D eigenvalue weighted by Gasteiger charge is -2.23. The van der Waals surface area contributed by atoms with Crippen LogP contribution in [0.2, 0.25) is 0 Å². The molecule has 148 valence electrons. The lowest BCUT2D eigenvalue weighted by molar-refractivity contribution is 0.293. The van der Waals surface area contributed by atoms with Gasteiger partial charge in [0.2, 0.25) is 5.88 Å². The Morgan fingerprint density at radius 1 is 1.15 bits per heavy atom. The first-order valence-corrected chi connectivity index (χ1v) is 9.86. The summed E-state index contributed by atoms with van der Waals surface area (Å²) in [6.45, 7) is 6.42. The van der Waals surface area contributed by atoms with Gasteiger partial charge in [0.1, 0.15) is 6.61 Å². The number of pyridine rings is 1. The highest BCUT2D eigenvalue weighted by atomic mass is 127. The largest absolute Gasteiger partial charge is 0.473 e. The van der Waals surface area contributed by atoms with Crippen molar-refractivity contribution in [3.63, 3.8) is 0 Å². The van der Waals surface area contributed by atoms with Gasteiger partial charge in [-0.2, -0.15) is 11.8 Å². The average Bonchev–Trinajstić information content (AvgIpc) is 2.67. The van der Waals surface area contributed by atoms with Crippen molar-refractivity contribution in [1.82, 2.24) is 15.6 Å². The topological polar surface area (TPSA) is 58.5 Å². The molecule has 0 aliphatic carbocycles. The number of nitrogens with one attached hydrogen (secondary N) is 2. The predicted octanol–water partition coefficient (Wildman–Crippen LogP) is 4.09. The van der Waals surface area contributed by atoms with Gasteiger partial charge in [-0.3, -0.25) is 4.99 Å². The van der Waals surface area contributed by atoms with Crippen molar-refractivity contribution < 1.29 is 4.74 Å². The van der Waals surface area contributed by atoms with Gasteiger partial charge < -0.3 is 15.4 Å². The first kappa shape index (κ1) is 23.6. The van der Waals surface area contributed by atoms with Gasteiger partial charge >= 0.3 is 0 Å². The van der Waals surface area contributed by atoms with E-state index in [1.165, 1.54) is 0 Å². The molecule has 7 heteroatoms. The quantitative estimate of drug-likeness (QED) is 0.325. The van der Waals surface area contributed by atoms with E-state index in [-0.39, 0.29) is 28.7 Å². The van der Waals surface area contributed by atoms with Gasteiger partial charge in [0.25, 0.3) is 0 Å². The van der Waals surface area contributed by atoms with Crippen LogP contribution in [0, 0.1) is 0 Å². The Morgan fingerprint density at radius 3 is 2.56 bits per heavy atom. The summed E-state index contributed by atoms with van der Waals surface area (Å²) in [5.74, 6) is 1.41. The van der Waals surface area contributed by atoms with E-state index in [4.69, 9.17) is 4.74 Å². The Morgan fingerprint density at radius 2 is 1.89 bits per heavy atom. The van der Waals surface area contributed by atoms with Crippen LogP contribution in [0.3, 0.4) is 0 Å². The maximum absolute atomic E-state index is 5.79. The highest BCUT2D eigenvalue weighted by Gasteiger charge is 2.16. The molecule has 1 heterocycles. The highest BCUT2D eigenvalue weighted by molar-refractivity contribution is 14.0. The molecule has 0 amide bonds. The molecule has 0 unspecified atom stereocenters. The highest BCUT2D eigenvalue weighted by Crippen LogP contribution is 2.19. The third-order valence-corrected chi connectivity index (χ3v) is 5.20. The van der Waals surface area contributed by atoms with Crippen LogP contribution in [0.15, 0.2) is 53.7 Å². The Kier molecular flexibility index (Phi) is 10.5. The van der Waals surface area contributed by atoms with Crippen molar-refractivity contribution in [1.29, 1.82) is 0 Å². The minimum Gasteiger partial charge on any atom is -0.473 e. The number of aromatic nitrogens is 1. The summed E-state index contributed by atoms with van der Waals surface area (Å²) < 4.78 is 5.94. The smallest absolute Gasteiger partial charge is 0.213 e. The van der Waals surface area contributed by atoms with Crippen LogP contribution < -0.4 is 15.4 Å². The monoisotopic (exact) mass is 500 g/mol. The average molecular weight is 500 g/mol. The molecular weight excluding hydrogens is 471 g/mol. The molecule has 0 aliphatic heterocycles. The summed E-state index contributed by atoms with van der Waals surface area (Å²) >= 11 is 1.83. The molecule has 5 nitrogen and oxygen atoms in total. The Balaban J connectivity index is 0.00000364. The van der Waals surface area contributed by atoms with Gasteiger partial charge in [0.15, 0.2) is 5.96 Å². The van der Waals surface area contributed by atoms with Gasteiger partial charge in [-0.25, -0.2) is 4.98 Å². The van der Waals surface area contributed by atoms with Crippen molar-refractivity contribution in [2.45, 2.75) is 31.7 Å². The zero-order chi connectivity index (χ0) is 18.8. The number of guanidine groups is 1. The second kappa shape index (κ2) is 12.1. The number of nitrogens with zero attached hydrogens (tertiary/aromatic N) is 2. The summed E-state index contributed by atoms with van der Waals surface area (Å²) in [7, 11) is 1.78. The van der Waals surface area contributed by atoms with Gasteiger partial charge in [0, 0.05) is 37.1 Å². The van der Waals surface area contributed by atoms with Crippen molar-refractivity contribution >= 4 is 41.7 Å². The van der Waals surface area contributed by atoms with Crippen LogP contribution in [0.5, 0.6) is 5.88 Å². The maximum atomic E-state index is 5.79. The fourth-order valence-electron chi connectivity index (χ4n) is 2.15. The number of rotatable bonds is 8. The molecule has 0 bridgehead atoms. The van der Waals surface area contributed by atoms with E-state index in [1.807, 2.05) is 54.2 Å². The summed E-state index contributed by atoms with van der Waals surface area (Å²) in [4.78, 5) is 8.56. The van der Waals surface area contributed by atoms with Crippen molar-refractivity contribution in [2.24, 2.45) is 4.99 Å². The second-order valence-electron chi connectivity index (χ2n) is 6.52. The molecule has 27 heavy (non-hydrogen) atoms. The van der Waals surface area contributed by atoms with Crippen molar-refractivity contribution in [2.75, 3.05) is 19.8 Å². The van der Waals surface area contributed by atoms with E-state index in [0.29, 0.717) is 19.0 Å². The van der Waals surface area contributed by atoms with Gasteiger partial charge in [0.05, 0.1) is 0 Å². The Labute approximate surface area is 183 Å². The number of ether oxygens (including phenoxy) is 1. The zero-order valence-electron chi connectivity index (χ0n) is 16.4. The standard InChI is InChI=1S/C20H28N4OS.HI/c1-20(2,26-4)15-24-19(21-3)23-13-17-10-11-22-18(12-17)25-14-16-8-6-5-7-9-16;/h5-12H,13-15H2,1-4H3,(H2,21,23,24);1H. The number of thioether (sulfide) groups is 1. The maximum Gasteiger partial charge on any atom is 0.213 e. The fraction of sp³-hybridized carbons (Fsp3) is 0.400. The summed E-state index contributed by atoms with van der Waals surface area (Å²) in [6.07, 6.45) is 3.89. The third-order valence-electron chi connectivity index (χ3n) is 3.95. The molecule has 0 saturated heterocycles. The van der Waals surface area contributed by atoms with Gasteiger partial charge in [-0.15, -0.1) is 24.0 Å². The summed E-state index contributed by atoms with van der Waals surface area (Å²) in [6, 6.07) is 14.0. The van der Waals surface area contributed by atoms with Gasteiger partial charge in [-0.1, -0.05) is 30.3 Å². The first-order valence-electron chi connectivity index (χ1n) is 8.64. The molecular formula is C20H29IN4OS. The van der Waals surface area contributed by atoms with Crippen LogP contribution in [0.4, 0.5) is 0 Å². The SMILES string of the molecule is CN=C(NCc1ccnc(OCc2ccccc2)c1)NCC(C)(C)SC.I. The summed E-state index contributed by atoms with van der Waals surface area (Å²) in [5.41, 5.74) is 2.22. The molecule has 2 N–H and O–H groups in total. The molecule has 0 saturated carbocycles. The van der Waals surface area contributed by atoms with Crippen molar-refractivity contribution in [3.05, 3.63) is 59.8 Å². The first-order chi connectivity index (χ1) is 12.5. The van der Waals surface area contributed by atoms with Crippen LogP contribution in [0.1, 0.15) is 25.0 Å². The van der Waals surface area contributed by atoms with E-state index < -0.39 is 0 Å². The Bertz CT molecular complexity index is 710. The normalized spacial score (nSPS) is 11.5. The molecule has 0 atom stereocenters. The van der Waals surface area contributed by atoms with Crippen LogP contribution in [0.25, 0.3) is 0 Å². The predicted molar refractivity (Wildman–Crippen MR) is 126 cm³/mol. The molecule has 0 spiro atoms. The van der Waals surface area contributed by atoms with Crippen LogP contribution in [-0.4, -0.2) is 35.5 Å². The van der Waals surface area contributed by atoms with E-state index >= 15 is 0 Å². The number of benzene rings is 1. The van der Waals surface area contributed by atoms with E-state index in [9.17, 15) is 0 Å². The fourth-order valence-corrected chi connectivity index (χ4v) is 2.36. The zero-order valence-corrected chi connectivity index (χ0v) is 19.5. The number of hydrogen-bond donors (Lipinski definition) is 2. The summed E-state index contributed by atoms with van der Waals surface area (Å²) in [5, 5.41) is 6.69. The molecule has 2 rings (SSSR count). The number of hydrogen-bond acceptors (Lipinski definition) is 4. The third kappa shape index (κ3) is 8.83. The van der Waals surface area contributed by atoms with Gasteiger partial charge in [-0.05, 0) is 37.3 Å². The number of aliphatic imine (C=N–C) groups is 1. The molecule has 1 aromatic heterocycles. The molecule has 0 radical (unpaired) electrons. The molecule has 2 aromatic rings.